The highest BCUT2D eigenvalue weighted by molar-refractivity contribution is 5.75. The molecule has 0 saturated heterocycles. The predicted molar refractivity (Wildman–Crippen MR) is 101 cm³/mol. The standard InChI is InChI=1S/C8H20N6.C8H15NO/c9-7(10)13-5-3-1-2-4-6-14-8(11)12;1-7(2)4-5-8(3)9-6-10/h1-6H2,(H4,9,10,13)(H4,11,12,14);7-8H,4-5H2,1-3H3. The number of rotatable bonds is 11. The molecular formula is C16H35N7O. The van der Waals surface area contributed by atoms with Gasteiger partial charge in [0.25, 0.3) is 0 Å². The highest BCUT2D eigenvalue weighted by atomic mass is 16.1. The number of hydrogen-bond donors (Lipinski definition) is 5. The third-order valence-corrected chi connectivity index (χ3v) is 3.13. The van der Waals surface area contributed by atoms with Crippen LogP contribution in [0.15, 0.2) is 9.98 Å². The highest BCUT2D eigenvalue weighted by Crippen LogP contribution is 2.07. The number of guanidine groups is 2. The average Bonchev–Trinajstić information content (AvgIpc) is 2.48. The van der Waals surface area contributed by atoms with Crippen molar-refractivity contribution in [3.63, 3.8) is 0 Å². The van der Waals surface area contributed by atoms with Crippen molar-refractivity contribution in [1.29, 1.82) is 5.41 Å². The van der Waals surface area contributed by atoms with Gasteiger partial charge in [-0.15, -0.1) is 0 Å². The lowest BCUT2D eigenvalue weighted by Gasteiger charge is -2.05. The summed E-state index contributed by atoms with van der Waals surface area (Å²) in [6, 6.07) is 0.153. The normalized spacial score (nSPS) is 10.8. The van der Waals surface area contributed by atoms with E-state index in [-0.39, 0.29) is 18.0 Å². The van der Waals surface area contributed by atoms with Crippen LogP contribution in [0.4, 0.5) is 0 Å². The molecule has 8 nitrogen and oxygen atoms in total. The van der Waals surface area contributed by atoms with E-state index in [1.807, 2.05) is 6.92 Å². The SMILES string of the molecule is CC(C)CCC(C)N=C=O.N=C(N)NCCCCCCN=C(N)N. The fourth-order valence-electron chi connectivity index (χ4n) is 1.75. The molecule has 0 bridgehead atoms. The Morgan fingerprint density at radius 2 is 1.71 bits per heavy atom. The van der Waals surface area contributed by atoms with Crippen LogP contribution in [0.5, 0.6) is 0 Å². The Kier molecular flexibility index (Phi) is 17.4. The first-order valence-electron chi connectivity index (χ1n) is 8.49. The molecule has 0 aliphatic carbocycles. The van der Waals surface area contributed by atoms with Gasteiger partial charge in [-0.3, -0.25) is 10.4 Å². The molecule has 1 atom stereocenters. The van der Waals surface area contributed by atoms with E-state index in [4.69, 9.17) is 22.6 Å². The summed E-state index contributed by atoms with van der Waals surface area (Å²) in [5.74, 6) is 0.887. The van der Waals surface area contributed by atoms with Crippen molar-refractivity contribution < 1.29 is 4.79 Å². The lowest BCUT2D eigenvalue weighted by molar-refractivity contribution is 0.508. The summed E-state index contributed by atoms with van der Waals surface area (Å²) in [6.07, 6.45) is 7.89. The lowest BCUT2D eigenvalue weighted by atomic mass is 10.1. The van der Waals surface area contributed by atoms with Crippen LogP contribution in [0.1, 0.15) is 59.3 Å². The fraction of sp³-hybridized carbons (Fsp3) is 0.812. The van der Waals surface area contributed by atoms with Gasteiger partial charge in [0.15, 0.2) is 11.9 Å². The number of aliphatic imine (C=N–C) groups is 2. The van der Waals surface area contributed by atoms with Crippen molar-refractivity contribution in [2.45, 2.75) is 65.3 Å². The van der Waals surface area contributed by atoms with Crippen molar-refractivity contribution >= 4 is 18.0 Å². The van der Waals surface area contributed by atoms with Crippen LogP contribution >= 0.6 is 0 Å². The summed E-state index contributed by atoms with van der Waals surface area (Å²) < 4.78 is 0. The van der Waals surface area contributed by atoms with Crippen LogP contribution in [0.2, 0.25) is 0 Å². The first kappa shape index (κ1) is 24.2. The molecule has 0 aromatic heterocycles. The summed E-state index contributed by atoms with van der Waals surface area (Å²) in [5, 5.41) is 9.66. The van der Waals surface area contributed by atoms with Gasteiger partial charge in [-0.05, 0) is 38.5 Å². The van der Waals surface area contributed by atoms with Crippen molar-refractivity contribution in [2.75, 3.05) is 13.1 Å². The molecule has 0 amide bonds. The molecule has 1 unspecified atom stereocenters. The molecule has 0 aliphatic heterocycles. The van der Waals surface area contributed by atoms with Crippen LogP contribution in [-0.4, -0.2) is 37.1 Å². The summed E-state index contributed by atoms with van der Waals surface area (Å²) in [4.78, 5) is 17.2. The molecule has 0 heterocycles. The second-order valence-electron chi connectivity index (χ2n) is 6.10. The van der Waals surface area contributed by atoms with Crippen molar-refractivity contribution in [2.24, 2.45) is 33.1 Å². The molecule has 0 aromatic rings. The van der Waals surface area contributed by atoms with Crippen LogP contribution in [0, 0.1) is 11.3 Å². The number of unbranched alkanes of at least 4 members (excludes halogenated alkanes) is 3. The van der Waals surface area contributed by atoms with Crippen molar-refractivity contribution in [1.82, 2.24) is 5.32 Å². The second kappa shape index (κ2) is 17.3. The summed E-state index contributed by atoms with van der Waals surface area (Å²) in [7, 11) is 0. The Labute approximate surface area is 145 Å². The van der Waals surface area contributed by atoms with E-state index >= 15 is 0 Å². The van der Waals surface area contributed by atoms with Gasteiger partial charge in [-0.25, -0.2) is 9.79 Å². The van der Waals surface area contributed by atoms with Gasteiger partial charge in [0.1, 0.15) is 0 Å². The average molecular weight is 342 g/mol. The number of carbonyl (C=O) groups excluding carboxylic acids is 1. The molecule has 24 heavy (non-hydrogen) atoms. The fourth-order valence-corrected chi connectivity index (χ4v) is 1.75. The third kappa shape index (κ3) is 24.9. The summed E-state index contributed by atoms with van der Waals surface area (Å²) in [6.45, 7) is 7.72. The van der Waals surface area contributed by atoms with E-state index in [1.54, 1.807) is 6.08 Å². The number of nitrogens with zero attached hydrogens (tertiary/aromatic N) is 2. The predicted octanol–water partition coefficient (Wildman–Crippen LogP) is 1.45. The Morgan fingerprint density at radius 1 is 1.08 bits per heavy atom. The van der Waals surface area contributed by atoms with E-state index in [0.29, 0.717) is 12.5 Å². The maximum absolute atomic E-state index is 9.77. The van der Waals surface area contributed by atoms with Gasteiger partial charge in [-0.2, -0.15) is 0 Å². The molecule has 8 heteroatoms. The first-order chi connectivity index (χ1) is 11.3. The van der Waals surface area contributed by atoms with Crippen LogP contribution in [0.25, 0.3) is 0 Å². The Bertz CT molecular complexity index is 386. The molecule has 0 aliphatic rings. The minimum Gasteiger partial charge on any atom is -0.370 e. The van der Waals surface area contributed by atoms with Crippen LogP contribution < -0.4 is 22.5 Å². The van der Waals surface area contributed by atoms with E-state index in [1.165, 1.54) is 0 Å². The zero-order valence-electron chi connectivity index (χ0n) is 15.3. The van der Waals surface area contributed by atoms with Crippen LogP contribution in [-0.2, 0) is 4.79 Å². The molecule has 140 valence electrons. The quantitative estimate of drug-likeness (QED) is 0.166. The monoisotopic (exact) mass is 341 g/mol. The topological polar surface area (TPSA) is 156 Å². The second-order valence-corrected chi connectivity index (χ2v) is 6.10. The number of nitrogens with two attached hydrogens (primary N) is 3. The van der Waals surface area contributed by atoms with Gasteiger partial charge < -0.3 is 22.5 Å². The third-order valence-electron chi connectivity index (χ3n) is 3.13. The maximum Gasteiger partial charge on any atom is 0.235 e. The number of isocyanates is 1. The zero-order chi connectivity index (χ0) is 18.8. The van der Waals surface area contributed by atoms with E-state index < -0.39 is 0 Å². The van der Waals surface area contributed by atoms with Gasteiger partial charge in [0.05, 0.1) is 6.04 Å². The van der Waals surface area contributed by atoms with Gasteiger partial charge in [0.2, 0.25) is 6.08 Å². The van der Waals surface area contributed by atoms with Crippen LogP contribution in [0.3, 0.4) is 0 Å². The minimum absolute atomic E-state index is 0.0329. The highest BCUT2D eigenvalue weighted by Gasteiger charge is 2.00. The zero-order valence-corrected chi connectivity index (χ0v) is 15.3. The van der Waals surface area contributed by atoms with Gasteiger partial charge >= 0.3 is 0 Å². The minimum atomic E-state index is 0.0329. The summed E-state index contributed by atoms with van der Waals surface area (Å²) >= 11 is 0. The van der Waals surface area contributed by atoms with E-state index in [0.717, 1.165) is 45.1 Å². The van der Waals surface area contributed by atoms with Gasteiger partial charge in [0, 0.05) is 13.1 Å². The van der Waals surface area contributed by atoms with Crippen molar-refractivity contribution in [3.8, 4) is 0 Å². The largest absolute Gasteiger partial charge is 0.370 e. The molecule has 0 saturated carbocycles. The maximum atomic E-state index is 9.77. The van der Waals surface area contributed by atoms with E-state index in [2.05, 4.69) is 29.1 Å². The smallest absolute Gasteiger partial charge is 0.235 e. The lowest BCUT2D eigenvalue weighted by Crippen LogP contribution is -2.30. The molecule has 8 N–H and O–H groups in total. The molecule has 0 radical (unpaired) electrons. The number of nitrogens with one attached hydrogen (secondary N) is 2. The number of hydrogen-bond acceptors (Lipinski definition) is 4. The summed E-state index contributed by atoms with van der Waals surface area (Å²) in [5.41, 5.74) is 15.5. The Morgan fingerprint density at radius 3 is 2.21 bits per heavy atom. The Hall–Kier alpha value is -2.08. The molecular weight excluding hydrogens is 306 g/mol. The molecule has 0 spiro atoms. The Balaban J connectivity index is 0. The van der Waals surface area contributed by atoms with Crippen molar-refractivity contribution in [3.05, 3.63) is 0 Å². The molecule has 0 rings (SSSR count). The van der Waals surface area contributed by atoms with E-state index in [9.17, 15) is 4.79 Å². The first-order valence-corrected chi connectivity index (χ1v) is 8.49. The molecule has 0 aromatic carbocycles. The van der Waals surface area contributed by atoms with Gasteiger partial charge in [-0.1, -0.05) is 26.7 Å². The molecule has 0 fully saturated rings.